The molecule has 0 atom stereocenters. The van der Waals surface area contributed by atoms with Crippen LogP contribution in [0.25, 0.3) is 0 Å². The summed E-state index contributed by atoms with van der Waals surface area (Å²) >= 11 is 3.51. The Balaban J connectivity index is 2.10. The largest absolute Gasteiger partial charge is 0.160 e. The van der Waals surface area contributed by atoms with Gasteiger partial charge in [0.05, 0.1) is 10.9 Å². The minimum absolute atomic E-state index is 0.230. The summed E-state index contributed by atoms with van der Waals surface area (Å²) in [5.74, 6) is 1.26. The predicted octanol–water partition coefficient (Wildman–Crippen LogP) is 5.29. The maximum atomic E-state index is 3.51. The number of hydrogen-bond donors (Lipinski definition) is 0. The van der Waals surface area contributed by atoms with Crippen molar-refractivity contribution in [2.75, 3.05) is 11.1 Å². The van der Waals surface area contributed by atoms with E-state index in [9.17, 15) is 0 Å². The summed E-state index contributed by atoms with van der Waals surface area (Å²) in [5, 5.41) is 1.12. The summed E-state index contributed by atoms with van der Waals surface area (Å²) < 4.78 is 0. The third-order valence-electron chi connectivity index (χ3n) is 3.04. The third-order valence-corrected chi connectivity index (χ3v) is 5.98. The average molecular weight is 336 g/mol. The number of rotatable bonds is 7. The van der Waals surface area contributed by atoms with Crippen LogP contribution < -0.4 is 0 Å². The molecule has 0 spiro atoms. The number of alkyl halides is 1. The molecule has 100 valence electrons. The molecule has 0 fully saturated rings. The van der Waals surface area contributed by atoms with Crippen LogP contribution >= 0.6 is 15.9 Å². The van der Waals surface area contributed by atoms with Crippen LogP contribution in [0.5, 0.6) is 0 Å². The van der Waals surface area contributed by atoms with Crippen LogP contribution in [0.1, 0.15) is 19.3 Å². The van der Waals surface area contributed by atoms with Gasteiger partial charge in [-0.25, -0.2) is 0 Å². The lowest BCUT2D eigenvalue weighted by atomic mass is 10.3. The van der Waals surface area contributed by atoms with E-state index in [-0.39, 0.29) is 10.9 Å². The molecule has 0 saturated carbocycles. The van der Waals surface area contributed by atoms with Crippen LogP contribution in [0.3, 0.4) is 0 Å². The minimum Gasteiger partial charge on any atom is -0.0928 e. The molecule has 2 heteroatoms. The molecule has 2 aromatic carbocycles. The molecule has 0 nitrogen and oxygen atoms in total. The van der Waals surface area contributed by atoms with Crippen molar-refractivity contribution in [2.45, 2.75) is 29.1 Å². The first-order chi connectivity index (χ1) is 9.42. The average Bonchev–Trinajstić information content (AvgIpc) is 2.49. The van der Waals surface area contributed by atoms with Gasteiger partial charge in [0.1, 0.15) is 5.75 Å². The first-order valence-corrected chi connectivity index (χ1v) is 9.30. The van der Waals surface area contributed by atoms with Crippen molar-refractivity contribution in [3.8, 4) is 0 Å². The maximum Gasteiger partial charge on any atom is 0.160 e. The SMILES string of the molecule is BrCCCCC[S+](c1ccccc1)c1ccccc1. The minimum atomic E-state index is 0.230. The van der Waals surface area contributed by atoms with E-state index in [2.05, 4.69) is 76.6 Å². The third kappa shape index (κ3) is 4.70. The maximum absolute atomic E-state index is 3.51. The van der Waals surface area contributed by atoms with E-state index < -0.39 is 0 Å². The molecule has 0 unspecified atom stereocenters. The van der Waals surface area contributed by atoms with E-state index in [0.717, 1.165) is 5.33 Å². The summed E-state index contributed by atoms with van der Waals surface area (Å²) in [4.78, 5) is 2.93. The Labute approximate surface area is 127 Å². The van der Waals surface area contributed by atoms with E-state index in [0.29, 0.717) is 0 Å². The molecule has 0 N–H and O–H groups in total. The molecule has 2 rings (SSSR count). The summed E-state index contributed by atoms with van der Waals surface area (Å²) in [5.41, 5.74) is 0. The van der Waals surface area contributed by atoms with E-state index in [1.54, 1.807) is 0 Å². The summed E-state index contributed by atoms with van der Waals surface area (Å²) in [6.07, 6.45) is 3.90. The Bertz CT molecular complexity index is 416. The van der Waals surface area contributed by atoms with Crippen molar-refractivity contribution < 1.29 is 0 Å². The smallest absolute Gasteiger partial charge is 0.0928 e. The van der Waals surface area contributed by atoms with E-state index in [4.69, 9.17) is 0 Å². The number of halogens is 1. The first-order valence-electron chi connectivity index (χ1n) is 6.79. The summed E-state index contributed by atoms with van der Waals surface area (Å²) in [6, 6.07) is 21.9. The molecule has 0 saturated heterocycles. The van der Waals surface area contributed by atoms with E-state index >= 15 is 0 Å². The summed E-state index contributed by atoms with van der Waals surface area (Å²) in [6.45, 7) is 0. The highest BCUT2D eigenvalue weighted by Crippen LogP contribution is 2.24. The van der Waals surface area contributed by atoms with Crippen LogP contribution in [-0.2, 0) is 10.9 Å². The number of unbranched alkanes of at least 4 members (excludes halogenated alkanes) is 2. The number of hydrogen-bond acceptors (Lipinski definition) is 0. The van der Waals surface area contributed by atoms with Crippen LogP contribution in [-0.4, -0.2) is 11.1 Å². The molecule has 0 aliphatic carbocycles. The Hall–Kier alpha value is -0.730. The van der Waals surface area contributed by atoms with Gasteiger partial charge in [-0.15, -0.1) is 0 Å². The quantitative estimate of drug-likeness (QED) is 0.366. The molecule has 0 heterocycles. The Morgan fingerprint density at radius 2 is 1.21 bits per heavy atom. The standard InChI is InChI=1S/C17H20BrS/c18-14-8-3-9-15-19(16-10-4-1-5-11-16)17-12-6-2-7-13-17/h1-2,4-7,10-13H,3,8-9,14-15H2/q+1. The lowest BCUT2D eigenvalue weighted by Crippen LogP contribution is -2.08. The van der Waals surface area contributed by atoms with Crippen molar-refractivity contribution in [2.24, 2.45) is 0 Å². The second kappa shape index (κ2) is 8.44. The molecule has 0 amide bonds. The normalized spacial score (nSPS) is 10.8. The molecule has 0 aliphatic heterocycles. The van der Waals surface area contributed by atoms with Crippen molar-refractivity contribution in [1.82, 2.24) is 0 Å². The van der Waals surface area contributed by atoms with Gasteiger partial charge in [0.15, 0.2) is 9.79 Å². The van der Waals surface area contributed by atoms with Gasteiger partial charge in [-0.1, -0.05) is 52.3 Å². The molecule has 19 heavy (non-hydrogen) atoms. The Kier molecular flexibility index (Phi) is 6.52. The highest BCUT2D eigenvalue weighted by Gasteiger charge is 2.23. The van der Waals surface area contributed by atoms with Crippen molar-refractivity contribution in [1.29, 1.82) is 0 Å². The number of benzene rings is 2. The van der Waals surface area contributed by atoms with Crippen molar-refractivity contribution >= 4 is 26.8 Å². The topological polar surface area (TPSA) is 0 Å². The fourth-order valence-corrected chi connectivity index (χ4v) is 4.66. The van der Waals surface area contributed by atoms with Crippen molar-refractivity contribution in [3.63, 3.8) is 0 Å². The first kappa shape index (κ1) is 14.7. The van der Waals surface area contributed by atoms with Gasteiger partial charge in [-0.3, -0.25) is 0 Å². The zero-order valence-corrected chi connectivity index (χ0v) is 13.5. The van der Waals surface area contributed by atoms with Gasteiger partial charge >= 0.3 is 0 Å². The molecule has 0 aromatic heterocycles. The Morgan fingerprint density at radius 1 is 0.684 bits per heavy atom. The van der Waals surface area contributed by atoms with Gasteiger partial charge in [0, 0.05) is 5.33 Å². The van der Waals surface area contributed by atoms with Gasteiger partial charge < -0.3 is 0 Å². The molecule has 0 bridgehead atoms. The zero-order chi connectivity index (χ0) is 13.3. The van der Waals surface area contributed by atoms with Gasteiger partial charge in [-0.05, 0) is 43.5 Å². The highest BCUT2D eigenvalue weighted by atomic mass is 79.9. The summed E-state index contributed by atoms with van der Waals surface area (Å²) in [7, 11) is 0.230. The van der Waals surface area contributed by atoms with Crippen LogP contribution in [0.15, 0.2) is 70.5 Å². The highest BCUT2D eigenvalue weighted by molar-refractivity contribution is 9.09. The molecule has 2 aromatic rings. The van der Waals surface area contributed by atoms with Crippen molar-refractivity contribution in [3.05, 3.63) is 60.7 Å². The van der Waals surface area contributed by atoms with Crippen LogP contribution in [0.4, 0.5) is 0 Å². The molecular weight excluding hydrogens is 316 g/mol. The van der Waals surface area contributed by atoms with Gasteiger partial charge in [-0.2, -0.15) is 0 Å². The molecule has 0 radical (unpaired) electrons. The zero-order valence-electron chi connectivity index (χ0n) is 11.1. The lowest BCUT2D eigenvalue weighted by molar-refractivity contribution is 0.786. The van der Waals surface area contributed by atoms with Gasteiger partial charge in [0.2, 0.25) is 0 Å². The molecular formula is C17H20BrS+. The second-order valence-corrected chi connectivity index (χ2v) is 7.40. The van der Waals surface area contributed by atoms with Crippen LogP contribution in [0, 0.1) is 0 Å². The van der Waals surface area contributed by atoms with E-state index in [1.807, 2.05) is 0 Å². The Morgan fingerprint density at radius 3 is 1.68 bits per heavy atom. The predicted molar refractivity (Wildman–Crippen MR) is 89.3 cm³/mol. The molecule has 0 aliphatic rings. The second-order valence-electron chi connectivity index (χ2n) is 4.47. The fourth-order valence-electron chi connectivity index (χ4n) is 2.06. The van der Waals surface area contributed by atoms with Crippen LogP contribution in [0.2, 0.25) is 0 Å². The van der Waals surface area contributed by atoms with E-state index in [1.165, 1.54) is 34.8 Å². The lowest BCUT2D eigenvalue weighted by Gasteiger charge is -2.07. The monoisotopic (exact) mass is 335 g/mol. The fraction of sp³-hybridized carbons (Fsp3) is 0.294. The van der Waals surface area contributed by atoms with Gasteiger partial charge in [0.25, 0.3) is 0 Å².